The SMILES string of the molecule is COc1cc(N(C)c2ccccc2)c(Cl)cc1C(N)c1cc2ccccc2o1. The Labute approximate surface area is 169 Å². The Morgan fingerprint density at radius 3 is 2.43 bits per heavy atom. The van der Waals surface area contributed by atoms with E-state index in [1.807, 2.05) is 84.7 Å². The van der Waals surface area contributed by atoms with E-state index in [2.05, 4.69) is 0 Å². The molecule has 3 aromatic carbocycles. The van der Waals surface area contributed by atoms with Crippen LogP contribution in [0, 0.1) is 0 Å². The van der Waals surface area contributed by atoms with Gasteiger partial charge in [0.2, 0.25) is 0 Å². The molecule has 1 unspecified atom stereocenters. The second-order valence-corrected chi connectivity index (χ2v) is 7.01. The van der Waals surface area contributed by atoms with Gasteiger partial charge in [0, 0.05) is 29.8 Å². The maximum absolute atomic E-state index is 6.63. The molecule has 142 valence electrons. The largest absolute Gasteiger partial charge is 0.496 e. The molecule has 4 rings (SSSR count). The molecule has 1 heterocycles. The van der Waals surface area contributed by atoms with Crippen LogP contribution < -0.4 is 15.4 Å². The van der Waals surface area contributed by atoms with Crippen LogP contribution in [0.15, 0.2) is 77.2 Å². The van der Waals surface area contributed by atoms with Gasteiger partial charge in [-0.25, -0.2) is 0 Å². The van der Waals surface area contributed by atoms with Crippen molar-refractivity contribution in [1.29, 1.82) is 0 Å². The second-order valence-electron chi connectivity index (χ2n) is 6.60. The Bertz CT molecular complexity index is 1080. The van der Waals surface area contributed by atoms with E-state index >= 15 is 0 Å². The number of benzene rings is 3. The third-order valence-corrected chi connectivity index (χ3v) is 5.19. The standard InChI is InChI=1S/C23H21ClN2O2/c1-26(16-9-4-3-5-10-16)19-14-21(27-2)17(13-18(19)24)23(25)22-12-15-8-6-7-11-20(15)28-22/h3-14,23H,25H2,1-2H3. The summed E-state index contributed by atoms with van der Waals surface area (Å²) >= 11 is 6.63. The van der Waals surface area contributed by atoms with Gasteiger partial charge in [-0.1, -0.05) is 48.0 Å². The molecule has 0 fully saturated rings. The fraction of sp³-hybridized carbons (Fsp3) is 0.130. The molecule has 4 aromatic rings. The average Bonchev–Trinajstić information content (AvgIpc) is 3.17. The van der Waals surface area contributed by atoms with Crippen LogP contribution in [0.1, 0.15) is 17.4 Å². The number of nitrogens with two attached hydrogens (primary N) is 1. The van der Waals surface area contributed by atoms with Crippen LogP contribution in [0.2, 0.25) is 5.02 Å². The molecule has 0 aliphatic carbocycles. The Balaban J connectivity index is 1.74. The topological polar surface area (TPSA) is 51.6 Å². The molecular formula is C23H21ClN2O2. The van der Waals surface area contributed by atoms with Crippen molar-refractivity contribution in [3.8, 4) is 5.75 Å². The number of fused-ring (bicyclic) bond motifs is 1. The highest BCUT2D eigenvalue weighted by Gasteiger charge is 2.21. The predicted molar refractivity (Wildman–Crippen MR) is 115 cm³/mol. The number of para-hydroxylation sites is 2. The van der Waals surface area contributed by atoms with Crippen LogP contribution in [0.5, 0.6) is 5.75 Å². The maximum Gasteiger partial charge on any atom is 0.134 e. The number of anilines is 2. The van der Waals surface area contributed by atoms with Gasteiger partial charge in [0.05, 0.1) is 23.9 Å². The van der Waals surface area contributed by atoms with Crippen molar-refractivity contribution in [2.75, 3.05) is 19.1 Å². The summed E-state index contributed by atoms with van der Waals surface area (Å²) in [6.07, 6.45) is 0. The second kappa shape index (κ2) is 7.58. The predicted octanol–water partition coefficient (Wildman–Crippen LogP) is 5.91. The van der Waals surface area contributed by atoms with Gasteiger partial charge in [0.25, 0.3) is 0 Å². The minimum atomic E-state index is -0.490. The minimum Gasteiger partial charge on any atom is -0.496 e. The molecule has 5 heteroatoms. The van der Waals surface area contributed by atoms with Crippen molar-refractivity contribution in [3.63, 3.8) is 0 Å². The van der Waals surface area contributed by atoms with Crippen LogP contribution in [0.4, 0.5) is 11.4 Å². The Hall–Kier alpha value is -2.95. The Morgan fingerprint density at radius 2 is 1.71 bits per heavy atom. The van der Waals surface area contributed by atoms with Crippen LogP contribution in [-0.2, 0) is 0 Å². The smallest absolute Gasteiger partial charge is 0.134 e. The lowest BCUT2D eigenvalue weighted by Gasteiger charge is -2.23. The highest BCUT2D eigenvalue weighted by molar-refractivity contribution is 6.33. The molecule has 0 amide bonds. The summed E-state index contributed by atoms with van der Waals surface area (Å²) in [6.45, 7) is 0. The Kier molecular flexibility index (Phi) is 4.99. The first kappa shape index (κ1) is 18.4. The van der Waals surface area contributed by atoms with E-state index in [0.717, 1.165) is 27.9 Å². The van der Waals surface area contributed by atoms with Crippen molar-refractivity contribution in [2.24, 2.45) is 5.73 Å². The zero-order valence-electron chi connectivity index (χ0n) is 15.7. The molecule has 2 N–H and O–H groups in total. The molecule has 0 radical (unpaired) electrons. The number of furan rings is 1. The first-order chi connectivity index (χ1) is 13.6. The van der Waals surface area contributed by atoms with Gasteiger partial charge in [-0.05, 0) is 30.3 Å². The zero-order valence-corrected chi connectivity index (χ0v) is 16.5. The normalized spacial score (nSPS) is 12.1. The van der Waals surface area contributed by atoms with Gasteiger partial charge in [0.15, 0.2) is 0 Å². The summed E-state index contributed by atoms with van der Waals surface area (Å²) in [7, 11) is 3.60. The summed E-state index contributed by atoms with van der Waals surface area (Å²) in [5, 5.41) is 1.60. The number of hydrogen-bond acceptors (Lipinski definition) is 4. The zero-order chi connectivity index (χ0) is 19.7. The summed E-state index contributed by atoms with van der Waals surface area (Å²) < 4.78 is 11.6. The first-order valence-corrected chi connectivity index (χ1v) is 9.36. The summed E-state index contributed by atoms with van der Waals surface area (Å²) in [4.78, 5) is 2.02. The van der Waals surface area contributed by atoms with Crippen LogP contribution in [-0.4, -0.2) is 14.2 Å². The number of hydrogen-bond donors (Lipinski definition) is 1. The number of methoxy groups -OCH3 is 1. The van der Waals surface area contributed by atoms with E-state index in [0.29, 0.717) is 16.5 Å². The van der Waals surface area contributed by atoms with E-state index in [1.165, 1.54) is 0 Å². The molecule has 0 saturated carbocycles. The summed E-state index contributed by atoms with van der Waals surface area (Å²) in [5.41, 5.74) is 9.96. The molecule has 0 spiro atoms. The molecule has 0 aliphatic heterocycles. The fourth-order valence-corrected chi connectivity index (χ4v) is 3.63. The van der Waals surface area contributed by atoms with E-state index in [9.17, 15) is 0 Å². The van der Waals surface area contributed by atoms with Crippen LogP contribution in [0.25, 0.3) is 11.0 Å². The molecular weight excluding hydrogens is 372 g/mol. The van der Waals surface area contributed by atoms with Gasteiger partial charge in [-0.2, -0.15) is 0 Å². The number of rotatable bonds is 5. The number of nitrogens with zero attached hydrogens (tertiary/aromatic N) is 1. The van der Waals surface area contributed by atoms with E-state index in [1.54, 1.807) is 7.11 Å². The summed E-state index contributed by atoms with van der Waals surface area (Å²) in [6, 6.07) is 23.1. The van der Waals surface area contributed by atoms with Gasteiger partial charge < -0.3 is 19.8 Å². The third kappa shape index (κ3) is 3.33. The van der Waals surface area contributed by atoms with Gasteiger partial charge in [-0.15, -0.1) is 0 Å². The van der Waals surface area contributed by atoms with Crippen molar-refractivity contribution in [3.05, 3.63) is 89.1 Å². The maximum atomic E-state index is 6.63. The highest BCUT2D eigenvalue weighted by atomic mass is 35.5. The molecule has 28 heavy (non-hydrogen) atoms. The van der Waals surface area contributed by atoms with Crippen molar-refractivity contribution < 1.29 is 9.15 Å². The monoisotopic (exact) mass is 392 g/mol. The molecule has 4 nitrogen and oxygen atoms in total. The lowest BCUT2D eigenvalue weighted by molar-refractivity contribution is 0.404. The van der Waals surface area contributed by atoms with Gasteiger partial charge in [0.1, 0.15) is 17.1 Å². The quantitative estimate of drug-likeness (QED) is 0.458. The van der Waals surface area contributed by atoms with Crippen LogP contribution in [0.3, 0.4) is 0 Å². The molecule has 1 atom stereocenters. The highest BCUT2D eigenvalue weighted by Crippen LogP contribution is 2.40. The Morgan fingerprint density at radius 1 is 1.00 bits per heavy atom. The average molecular weight is 393 g/mol. The van der Waals surface area contributed by atoms with E-state index in [-0.39, 0.29) is 0 Å². The van der Waals surface area contributed by atoms with Crippen molar-refractivity contribution in [2.45, 2.75) is 6.04 Å². The molecule has 1 aromatic heterocycles. The van der Waals surface area contributed by atoms with Gasteiger partial charge in [-0.3, -0.25) is 0 Å². The lowest BCUT2D eigenvalue weighted by atomic mass is 10.0. The van der Waals surface area contributed by atoms with Crippen molar-refractivity contribution >= 4 is 33.9 Å². The number of ether oxygens (including phenoxy) is 1. The van der Waals surface area contributed by atoms with E-state index in [4.69, 9.17) is 26.5 Å². The lowest BCUT2D eigenvalue weighted by Crippen LogP contribution is -2.14. The first-order valence-electron chi connectivity index (χ1n) is 8.98. The third-order valence-electron chi connectivity index (χ3n) is 4.89. The minimum absolute atomic E-state index is 0.490. The summed E-state index contributed by atoms with van der Waals surface area (Å²) in [5.74, 6) is 1.33. The molecule has 0 aliphatic rings. The fourth-order valence-electron chi connectivity index (χ4n) is 3.33. The van der Waals surface area contributed by atoms with Crippen LogP contribution >= 0.6 is 11.6 Å². The molecule has 0 saturated heterocycles. The van der Waals surface area contributed by atoms with Crippen molar-refractivity contribution in [1.82, 2.24) is 0 Å². The molecule has 0 bridgehead atoms. The van der Waals surface area contributed by atoms with E-state index < -0.39 is 6.04 Å². The van der Waals surface area contributed by atoms with Gasteiger partial charge >= 0.3 is 0 Å². The number of halogens is 1.